The second kappa shape index (κ2) is 4.78. The fourth-order valence-electron chi connectivity index (χ4n) is 1.52. The standard InChI is InChI=1S/C10H14BrN5/c1-7(11)3-4-16(2)10-8-9(13-5-12-8)14-6-15-10/h5-7H,3-4H2,1-2H3,(H,12,13,14,15). The van der Waals surface area contributed by atoms with E-state index >= 15 is 0 Å². The van der Waals surface area contributed by atoms with E-state index in [9.17, 15) is 0 Å². The minimum Gasteiger partial charge on any atom is -0.358 e. The summed E-state index contributed by atoms with van der Waals surface area (Å²) in [6.45, 7) is 3.08. The van der Waals surface area contributed by atoms with Gasteiger partial charge < -0.3 is 9.88 Å². The Morgan fingerprint density at radius 3 is 3.00 bits per heavy atom. The van der Waals surface area contributed by atoms with Gasteiger partial charge in [-0.3, -0.25) is 0 Å². The highest BCUT2D eigenvalue weighted by Gasteiger charge is 2.10. The lowest BCUT2D eigenvalue weighted by Crippen LogP contribution is -2.21. The van der Waals surface area contributed by atoms with Crippen LogP contribution >= 0.6 is 15.9 Å². The van der Waals surface area contributed by atoms with Crippen LogP contribution in [0.2, 0.25) is 0 Å². The molecule has 2 aromatic heterocycles. The van der Waals surface area contributed by atoms with Crippen molar-refractivity contribution >= 4 is 32.9 Å². The molecule has 1 atom stereocenters. The summed E-state index contributed by atoms with van der Waals surface area (Å²) in [7, 11) is 2.03. The Kier molecular flexibility index (Phi) is 3.38. The Morgan fingerprint density at radius 1 is 1.44 bits per heavy atom. The summed E-state index contributed by atoms with van der Waals surface area (Å²) in [5.41, 5.74) is 1.61. The van der Waals surface area contributed by atoms with Crippen molar-refractivity contribution < 1.29 is 0 Å². The largest absolute Gasteiger partial charge is 0.358 e. The molecule has 1 unspecified atom stereocenters. The minimum absolute atomic E-state index is 0.508. The zero-order chi connectivity index (χ0) is 11.5. The van der Waals surface area contributed by atoms with Crippen molar-refractivity contribution in [3.8, 4) is 0 Å². The Hall–Kier alpha value is -1.17. The maximum Gasteiger partial charge on any atom is 0.182 e. The average molecular weight is 284 g/mol. The molecule has 5 nitrogen and oxygen atoms in total. The first-order valence-electron chi connectivity index (χ1n) is 5.17. The molecule has 0 aromatic carbocycles. The van der Waals surface area contributed by atoms with Crippen LogP contribution in [0.1, 0.15) is 13.3 Å². The number of anilines is 1. The second-order valence-corrected chi connectivity index (χ2v) is 5.35. The number of fused-ring (bicyclic) bond motifs is 1. The van der Waals surface area contributed by atoms with Gasteiger partial charge in [-0.05, 0) is 6.42 Å². The van der Waals surface area contributed by atoms with Crippen LogP contribution in [0.4, 0.5) is 5.82 Å². The van der Waals surface area contributed by atoms with Gasteiger partial charge in [-0.25, -0.2) is 15.0 Å². The molecule has 0 aliphatic carbocycles. The number of H-pyrrole nitrogens is 1. The molecule has 86 valence electrons. The monoisotopic (exact) mass is 283 g/mol. The number of nitrogens with zero attached hydrogens (tertiary/aromatic N) is 4. The summed E-state index contributed by atoms with van der Waals surface area (Å²) in [6.07, 6.45) is 4.26. The summed E-state index contributed by atoms with van der Waals surface area (Å²) < 4.78 is 0. The Morgan fingerprint density at radius 2 is 2.25 bits per heavy atom. The quantitative estimate of drug-likeness (QED) is 0.872. The lowest BCUT2D eigenvalue weighted by molar-refractivity contribution is 0.779. The number of nitrogens with one attached hydrogen (secondary N) is 1. The lowest BCUT2D eigenvalue weighted by atomic mass is 10.3. The fraction of sp³-hybridized carbons (Fsp3) is 0.500. The van der Waals surface area contributed by atoms with E-state index in [0.717, 1.165) is 24.3 Å². The Bertz CT molecular complexity index is 467. The van der Waals surface area contributed by atoms with Gasteiger partial charge in [0.2, 0.25) is 0 Å². The first kappa shape index (κ1) is 11.3. The molecule has 0 saturated carbocycles. The van der Waals surface area contributed by atoms with E-state index in [1.165, 1.54) is 0 Å². The van der Waals surface area contributed by atoms with E-state index in [-0.39, 0.29) is 0 Å². The third-order valence-corrected chi connectivity index (χ3v) is 2.88. The van der Waals surface area contributed by atoms with Crippen LogP contribution in [0.15, 0.2) is 12.7 Å². The maximum atomic E-state index is 4.29. The van der Waals surface area contributed by atoms with Gasteiger partial charge >= 0.3 is 0 Å². The molecule has 1 N–H and O–H groups in total. The number of hydrogen-bond donors (Lipinski definition) is 1. The van der Waals surface area contributed by atoms with E-state index < -0.39 is 0 Å². The molecule has 0 spiro atoms. The molecular formula is C10H14BrN5. The topological polar surface area (TPSA) is 57.7 Å². The van der Waals surface area contributed by atoms with Gasteiger partial charge in [-0.2, -0.15) is 0 Å². The highest BCUT2D eigenvalue weighted by atomic mass is 79.9. The van der Waals surface area contributed by atoms with Gasteiger partial charge in [0, 0.05) is 18.4 Å². The highest BCUT2D eigenvalue weighted by molar-refractivity contribution is 9.09. The average Bonchev–Trinajstić information content (AvgIpc) is 2.73. The van der Waals surface area contributed by atoms with Crippen molar-refractivity contribution in [2.24, 2.45) is 0 Å². The number of rotatable bonds is 4. The molecule has 2 aromatic rings. The predicted molar refractivity (Wildman–Crippen MR) is 68.0 cm³/mol. The fourth-order valence-corrected chi connectivity index (χ4v) is 1.72. The first-order valence-corrected chi connectivity index (χ1v) is 6.09. The van der Waals surface area contributed by atoms with Gasteiger partial charge in [-0.1, -0.05) is 22.9 Å². The summed E-state index contributed by atoms with van der Waals surface area (Å²) in [6, 6.07) is 0. The molecule has 0 bridgehead atoms. The predicted octanol–water partition coefficient (Wildman–Crippen LogP) is 1.96. The molecule has 0 aliphatic heterocycles. The lowest BCUT2D eigenvalue weighted by Gasteiger charge is -2.18. The number of imidazole rings is 1. The van der Waals surface area contributed by atoms with Crippen molar-refractivity contribution in [2.45, 2.75) is 18.2 Å². The van der Waals surface area contributed by atoms with Gasteiger partial charge in [0.05, 0.1) is 6.33 Å². The number of aromatic nitrogens is 4. The van der Waals surface area contributed by atoms with Crippen molar-refractivity contribution in [3.63, 3.8) is 0 Å². The molecule has 16 heavy (non-hydrogen) atoms. The van der Waals surface area contributed by atoms with E-state index in [2.05, 4.69) is 47.7 Å². The molecule has 6 heteroatoms. The molecular weight excluding hydrogens is 270 g/mol. The van der Waals surface area contributed by atoms with Gasteiger partial charge in [-0.15, -0.1) is 0 Å². The Labute approximate surface area is 102 Å². The smallest absolute Gasteiger partial charge is 0.182 e. The van der Waals surface area contributed by atoms with Crippen molar-refractivity contribution in [1.82, 2.24) is 19.9 Å². The van der Waals surface area contributed by atoms with Crippen LogP contribution in [-0.4, -0.2) is 38.4 Å². The van der Waals surface area contributed by atoms with Crippen molar-refractivity contribution in [1.29, 1.82) is 0 Å². The minimum atomic E-state index is 0.508. The van der Waals surface area contributed by atoms with Gasteiger partial charge in [0.15, 0.2) is 11.5 Å². The molecule has 2 rings (SSSR count). The van der Waals surface area contributed by atoms with E-state index in [4.69, 9.17) is 0 Å². The van der Waals surface area contributed by atoms with Crippen LogP contribution in [0.5, 0.6) is 0 Å². The maximum absolute atomic E-state index is 4.29. The van der Waals surface area contributed by atoms with Crippen LogP contribution in [0.3, 0.4) is 0 Å². The number of halogens is 1. The first-order chi connectivity index (χ1) is 7.68. The van der Waals surface area contributed by atoms with E-state index in [0.29, 0.717) is 10.5 Å². The third kappa shape index (κ3) is 2.32. The zero-order valence-corrected chi connectivity index (χ0v) is 10.9. The molecule has 0 fully saturated rings. The number of alkyl halides is 1. The zero-order valence-electron chi connectivity index (χ0n) is 9.31. The van der Waals surface area contributed by atoms with Gasteiger partial charge in [0.1, 0.15) is 11.8 Å². The molecule has 0 saturated heterocycles. The molecule has 0 amide bonds. The molecule has 0 aliphatic rings. The van der Waals surface area contributed by atoms with Crippen LogP contribution in [0.25, 0.3) is 11.2 Å². The molecule has 0 radical (unpaired) electrons. The molecule has 2 heterocycles. The normalized spacial score (nSPS) is 12.9. The number of aromatic amines is 1. The van der Waals surface area contributed by atoms with Gasteiger partial charge in [0.25, 0.3) is 0 Å². The summed E-state index contributed by atoms with van der Waals surface area (Å²) in [5, 5.41) is 0. The SMILES string of the molecule is CC(Br)CCN(C)c1ncnc2nc[nH]c12. The van der Waals surface area contributed by atoms with Crippen LogP contribution < -0.4 is 4.90 Å². The van der Waals surface area contributed by atoms with Crippen molar-refractivity contribution in [3.05, 3.63) is 12.7 Å². The summed E-state index contributed by atoms with van der Waals surface area (Å²) in [4.78, 5) is 18.2. The number of hydrogen-bond acceptors (Lipinski definition) is 4. The van der Waals surface area contributed by atoms with Crippen LogP contribution in [0, 0.1) is 0 Å². The van der Waals surface area contributed by atoms with Crippen molar-refractivity contribution in [2.75, 3.05) is 18.5 Å². The van der Waals surface area contributed by atoms with E-state index in [1.807, 2.05) is 7.05 Å². The van der Waals surface area contributed by atoms with Crippen LogP contribution in [-0.2, 0) is 0 Å². The summed E-state index contributed by atoms with van der Waals surface area (Å²) >= 11 is 3.54. The highest BCUT2D eigenvalue weighted by Crippen LogP contribution is 2.18. The third-order valence-electron chi connectivity index (χ3n) is 2.43. The second-order valence-electron chi connectivity index (χ2n) is 3.79. The summed E-state index contributed by atoms with van der Waals surface area (Å²) in [5.74, 6) is 0.899. The van der Waals surface area contributed by atoms with E-state index in [1.54, 1.807) is 12.7 Å². The Balaban J connectivity index is 2.22.